The number of sulfonamides is 1. The van der Waals surface area contributed by atoms with E-state index in [1.165, 1.54) is 12.0 Å². The van der Waals surface area contributed by atoms with Crippen LogP contribution in [-0.4, -0.2) is 57.1 Å². The number of rotatable bonds is 10. The van der Waals surface area contributed by atoms with Crippen LogP contribution in [0.3, 0.4) is 0 Å². The van der Waals surface area contributed by atoms with E-state index < -0.39 is 28.5 Å². The highest BCUT2D eigenvalue weighted by Gasteiger charge is 2.32. The minimum atomic E-state index is -3.88. The Morgan fingerprint density at radius 1 is 1.08 bits per heavy atom. The van der Waals surface area contributed by atoms with Gasteiger partial charge in [0.15, 0.2) is 0 Å². The lowest BCUT2D eigenvalue weighted by Gasteiger charge is -2.32. The third kappa shape index (κ3) is 6.83. The van der Waals surface area contributed by atoms with Crippen molar-refractivity contribution in [1.82, 2.24) is 10.2 Å². The van der Waals surface area contributed by atoms with Crippen LogP contribution < -0.4 is 14.4 Å². The second-order valence-corrected chi connectivity index (χ2v) is 11.6. The number of para-hydroxylation sites is 2. The predicted octanol–water partition coefficient (Wildman–Crippen LogP) is 4.24. The topological polar surface area (TPSA) is 96.0 Å². The maximum atomic E-state index is 13.7. The molecule has 1 saturated carbocycles. The molecule has 11 heteroatoms. The van der Waals surface area contributed by atoms with Gasteiger partial charge in [-0.05, 0) is 44.0 Å². The van der Waals surface area contributed by atoms with Gasteiger partial charge < -0.3 is 15.0 Å². The molecule has 1 atom stereocenters. The average molecular weight is 557 g/mol. The maximum absolute atomic E-state index is 13.7. The molecule has 0 aromatic heterocycles. The first-order chi connectivity index (χ1) is 17.0. The highest BCUT2D eigenvalue weighted by molar-refractivity contribution is 7.92. The number of carbonyl (C=O) groups excluding carboxylic acids is 2. The molecule has 3 rings (SSSR count). The third-order valence-electron chi connectivity index (χ3n) is 6.29. The van der Waals surface area contributed by atoms with Crippen molar-refractivity contribution in [3.63, 3.8) is 0 Å². The standard InChI is InChI=1S/C25H31Cl2N3O5S/c1-17(25(32)28-18-9-4-5-10-18)29(15-19-20(26)11-8-12-21(19)27)24(31)16-30(36(3,33)34)22-13-6-7-14-23(22)35-2/h6-8,11-14,17-18H,4-5,9-10,15-16H2,1-3H3,(H,28,32)/t17-/m1/s1. The Bertz CT molecular complexity index is 1180. The molecule has 1 N–H and O–H groups in total. The molecule has 196 valence electrons. The van der Waals surface area contributed by atoms with E-state index in [-0.39, 0.29) is 24.2 Å². The molecule has 2 aromatic carbocycles. The number of benzene rings is 2. The van der Waals surface area contributed by atoms with Crippen LogP contribution in [0.1, 0.15) is 38.2 Å². The fourth-order valence-corrected chi connectivity index (χ4v) is 5.63. The number of nitrogens with one attached hydrogen (secondary N) is 1. The Kier molecular flexibility index (Phi) is 9.49. The van der Waals surface area contributed by atoms with E-state index in [9.17, 15) is 18.0 Å². The first kappa shape index (κ1) is 28.1. The Morgan fingerprint density at radius 3 is 2.28 bits per heavy atom. The van der Waals surface area contributed by atoms with Gasteiger partial charge in [0.1, 0.15) is 18.3 Å². The molecule has 0 bridgehead atoms. The summed E-state index contributed by atoms with van der Waals surface area (Å²) in [7, 11) is -2.46. The summed E-state index contributed by atoms with van der Waals surface area (Å²) in [4.78, 5) is 28.1. The van der Waals surface area contributed by atoms with Crippen LogP contribution in [0.2, 0.25) is 10.0 Å². The van der Waals surface area contributed by atoms with Gasteiger partial charge in [-0.1, -0.05) is 54.2 Å². The van der Waals surface area contributed by atoms with Gasteiger partial charge in [0, 0.05) is 28.2 Å². The van der Waals surface area contributed by atoms with Crippen molar-refractivity contribution >= 4 is 50.7 Å². The van der Waals surface area contributed by atoms with Crippen LogP contribution in [-0.2, 0) is 26.2 Å². The Morgan fingerprint density at radius 2 is 1.69 bits per heavy atom. The molecule has 0 spiro atoms. The van der Waals surface area contributed by atoms with Gasteiger partial charge in [-0.25, -0.2) is 8.42 Å². The number of hydrogen-bond acceptors (Lipinski definition) is 5. The molecule has 0 aliphatic heterocycles. The van der Waals surface area contributed by atoms with Crippen LogP contribution in [0, 0.1) is 0 Å². The molecule has 0 heterocycles. The van der Waals surface area contributed by atoms with Gasteiger partial charge in [0.05, 0.1) is 19.1 Å². The number of halogens is 2. The lowest BCUT2D eigenvalue weighted by atomic mass is 10.1. The van der Waals surface area contributed by atoms with Crippen LogP contribution in [0.25, 0.3) is 0 Å². The molecule has 36 heavy (non-hydrogen) atoms. The van der Waals surface area contributed by atoms with E-state index in [1.54, 1.807) is 49.4 Å². The Labute approximate surface area is 222 Å². The summed E-state index contributed by atoms with van der Waals surface area (Å²) < 4.78 is 31.8. The summed E-state index contributed by atoms with van der Waals surface area (Å²) in [5, 5.41) is 3.69. The third-order valence-corrected chi connectivity index (χ3v) is 8.13. The first-order valence-electron chi connectivity index (χ1n) is 11.7. The summed E-state index contributed by atoms with van der Waals surface area (Å²) >= 11 is 12.7. The molecule has 1 aliphatic carbocycles. The van der Waals surface area contributed by atoms with Crippen LogP contribution in [0.5, 0.6) is 5.75 Å². The summed E-state index contributed by atoms with van der Waals surface area (Å²) in [5.41, 5.74) is 0.688. The molecule has 1 aliphatic rings. The number of amides is 2. The zero-order chi connectivity index (χ0) is 26.5. The Hall–Kier alpha value is -2.49. The van der Waals surface area contributed by atoms with Crippen molar-refractivity contribution < 1.29 is 22.7 Å². The van der Waals surface area contributed by atoms with Gasteiger partial charge in [0.25, 0.3) is 0 Å². The second kappa shape index (κ2) is 12.2. The highest BCUT2D eigenvalue weighted by Crippen LogP contribution is 2.31. The fourth-order valence-electron chi connectivity index (χ4n) is 4.26. The number of hydrogen-bond donors (Lipinski definition) is 1. The van der Waals surface area contributed by atoms with Crippen molar-refractivity contribution in [2.75, 3.05) is 24.2 Å². The molecule has 0 saturated heterocycles. The number of methoxy groups -OCH3 is 1. The summed E-state index contributed by atoms with van der Waals surface area (Å²) in [5.74, 6) is -0.610. The van der Waals surface area contributed by atoms with E-state index in [2.05, 4.69) is 5.32 Å². The van der Waals surface area contributed by atoms with E-state index >= 15 is 0 Å². The van der Waals surface area contributed by atoms with E-state index in [1.807, 2.05) is 0 Å². The SMILES string of the molecule is COc1ccccc1N(CC(=O)N(Cc1c(Cl)cccc1Cl)[C@H](C)C(=O)NC1CCCC1)S(C)(=O)=O. The monoisotopic (exact) mass is 555 g/mol. The van der Waals surface area contributed by atoms with Crippen molar-refractivity contribution in [3.8, 4) is 5.75 Å². The Balaban J connectivity index is 1.95. The predicted molar refractivity (Wildman–Crippen MR) is 142 cm³/mol. The molecule has 1 fully saturated rings. The zero-order valence-corrected chi connectivity index (χ0v) is 22.9. The maximum Gasteiger partial charge on any atom is 0.244 e. The van der Waals surface area contributed by atoms with E-state index in [0.717, 1.165) is 36.2 Å². The number of nitrogens with zero attached hydrogens (tertiary/aromatic N) is 2. The van der Waals surface area contributed by atoms with Crippen LogP contribution in [0.15, 0.2) is 42.5 Å². The van der Waals surface area contributed by atoms with E-state index in [4.69, 9.17) is 27.9 Å². The normalized spacial score (nSPS) is 14.8. The van der Waals surface area contributed by atoms with Crippen molar-refractivity contribution in [2.24, 2.45) is 0 Å². The molecule has 0 unspecified atom stereocenters. The van der Waals surface area contributed by atoms with Gasteiger partial charge in [0.2, 0.25) is 21.8 Å². The van der Waals surface area contributed by atoms with Crippen LogP contribution >= 0.6 is 23.2 Å². The summed E-state index contributed by atoms with van der Waals surface area (Å²) in [6.07, 6.45) is 4.87. The lowest BCUT2D eigenvalue weighted by molar-refractivity contribution is -0.139. The second-order valence-electron chi connectivity index (χ2n) is 8.83. The van der Waals surface area contributed by atoms with Crippen molar-refractivity contribution in [1.29, 1.82) is 0 Å². The van der Waals surface area contributed by atoms with E-state index in [0.29, 0.717) is 21.4 Å². The zero-order valence-electron chi connectivity index (χ0n) is 20.5. The van der Waals surface area contributed by atoms with Gasteiger partial charge in [-0.3, -0.25) is 13.9 Å². The number of ether oxygens (including phenoxy) is 1. The molecule has 8 nitrogen and oxygen atoms in total. The number of anilines is 1. The van der Waals surface area contributed by atoms with Gasteiger partial charge in [-0.15, -0.1) is 0 Å². The van der Waals surface area contributed by atoms with Gasteiger partial charge >= 0.3 is 0 Å². The van der Waals surface area contributed by atoms with Gasteiger partial charge in [-0.2, -0.15) is 0 Å². The molecule has 2 amide bonds. The van der Waals surface area contributed by atoms with Crippen molar-refractivity contribution in [3.05, 3.63) is 58.1 Å². The lowest BCUT2D eigenvalue weighted by Crippen LogP contribution is -2.52. The quantitative estimate of drug-likeness (QED) is 0.472. The largest absolute Gasteiger partial charge is 0.495 e. The molecule has 0 radical (unpaired) electrons. The fraction of sp³-hybridized carbons (Fsp3) is 0.440. The molecular weight excluding hydrogens is 525 g/mol. The van der Waals surface area contributed by atoms with Crippen molar-refractivity contribution in [2.45, 2.75) is 51.2 Å². The number of carbonyl (C=O) groups is 2. The smallest absolute Gasteiger partial charge is 0.244 e. The van der Waals surface area contributed by atoms with Crippen LogP contribution in [0.4, 0.5) is 5.69 Å². The minimum Gasteiger partial charge on any atom is -0.495 e. The molecular formula is C25H31Cl2N3O5S. The molecule has 2 aromatic rings. The summed E-state index contributed by atoms with van der Waals surface area (Å²) in [6, 6.07) is 10.6. The first-order valence-corrected chi connectivity index (χ1v) is 14.3. The summed E-state index contributed by atoms with van der Waals surface area (Å²) in [6.45, 7) is 1.00. The minimum absolute atomic E-state index is 0.0573. The highest BCUT2D eigenvalue weighted by atomic mass is 35.5. The average Bonchev–Trinajstić information content (AvgIpc) is 3.34.